The van der Waals surface area contributed by atoms with E-state index in [2.05, 4.69) is 5.32 Å². The van der Waals surface area contributed by atoms with Gasteiger partial charge in [0.05, 0.1) is 5.54 Å². The van der Waals surface area contributed by atoms with Gasteiger partial charge in [0.2, 0.25) is 5.91 Å². The second-order valence-corrected chi connectivity index (χ2v) is 5.98. The number of nitrogens with one attached hydrogen (secondary N) is 1. The zero-order valence-electron chi connectivity index (χ0n) is 12.0. The Hall–Kier alpha value is -1.42. The summed E-state index contributed by atoms with van der Waals surface area (Å²) >= 11 is 0. The van der Waals surface area contributed by atoms with Crippen molar-refractivity contribution in [3.05, 3.63) is 35.6 Å². The van der Waals surface area contributed by atoms with Crippen LogP contribution in [0, 0.1) is 5.82 Å². The van der Waals surface area contributed by atoms with E-state index in [1.54, 1.807) is 6.07 Å². The molecule has 0 aromatic heterocycles. The van der Waals surface area contributed by atoms with Crippen molar-refractivity contribution < 1.29 is 9.18 Å². The minimum Gasteiger partial charge on any atom is -0.368 e. The molecular formula is C16H23FN2O. The van der Waals surface area contributed by atoms with Gasteiger partial charge in [-0.05, 0) is 43.9 Å². The summed E-state index contributed by atoms with van der Waals surface area (Å²) < 4.78 is 13.3. The lowest BCUT2D eigenvalue weighted by atomic mass is 9.87. The lowest BCUT2D eigenvalue weighted by molar-refractivity contribution is -0.124. The van der Waals surface area contributed by atoms with Gasteiger partial charge in [0.25, 0.3) is 0 Å². The molecular weight excluding hydrogens is 255 g/mol. The number of rotatable bonds is 5. The maximum Gasteiger partial charge on any atom is 0.237 e. The Kier molecular flexibility index (Phi) is 4.76. The van der Waals surface area contributed by atoms with Crippen molar-refractivity contribution >= 4 is 5.91 Å². The molecule has 3 N–H and O–H groups in total. The van der Waals surface area contributed by atoms with Gasteiger partial charge in [-0.2, -0.15) is 0 Å². The first-order chi connectivity index (χ1) is 9.49. The number of primary amides is 1. The van der Waals surface area contributed by atoms with Gasteiger partial charge in [-0.15, -0.1) is 0 Å². The third-order valence-corrected chi connectivity index (χ3v) is 4.12. The number of carbonyl (C=O) groups is 1. The number of carbonyl (C=O) groups excluding carboxylic acids is 1. The van der Waals surface area contributed by atoms with Crippen LogP contribution in [0.1, 0.15) is 44.6 Å². The van der Waals surface area contributed by atoms with E-state index in [9.17, 15) is 9.18 Å². The fraction of sp³-hybridized carbons (Fsp3) is 0.562. The normalized spacial score (nSPS) is 19.5. The number of hydrogen-bond acceptors (Lipinski definition) is 2. The van der Waals surface area contributed by atoms with E-state index in [1.807, 2.05) is 13.0 Å². The Morgan fingerprint density at radius 1 is 1.40 bits per heavy atom. The molecule has 0 radical (unpaired) electrons. The van der Waals surface area contributed by atoms with Crippen LogP contribution in [0.5, 0.6) is 0 Å². The molecule has 1 fully saturated rings. The predicted molar refractivity (Wildman–Crippen MR) is 77.7 cm³/mol. The molecule has 1 unspecified atom stereocenters. The maximum absolute atomic E-state index is 13.3. The molecule has 1 amide bonds. The number of benzene rings is 1. The van der Waals surface area contributed by atoms with E-state index in [-0.39, 0.29) is 11.7 Å². The topological polar surface area (TPSA) is 55.1 Å². The quantitative estimate of drug-likeness (QED) is 0.869. The van der Waals surface area contributed by atoms with Crippen LogP contribution < -0.4 is 11.1 Å². The van der Waals surface area contributed by atoms with Crippen molar-refractivity contribution in [2.45, 2.75) is 57.0 Å². The molecule has 20 heavy (non-hydrogen) atoms. The van der Waals surface area contributed by atoms with Crippen LogP contribution >= 0.6 is 0 Å². The van der Waals surface area contributed by atoms with Gasteiger partial charge in [0.15, 0.2) is 0 Å². The van der Waals surface area contributed by atoms with Crippen molar-refractivity contribution in [3.8, 4) is 0 Å². The minimum absolute atomic E-state index is 0.285. The van der Waals surface area contributed by atoms with Gasteiger partial charge < -0.3 is 11.1 Å². The van der Waals surface area contributed by atoms with Crippen LogP contribution in [0.15, 0.2) is 24.3 Å². The van der Waals surface area contributed by atoms with Crippen LogP contribution in [-0.2, 0) is 11.2 Å². The van der Waals surface area contributed by atoms with E-state index in [0.29, 0.717) is 12.5 Å². The molecule has 0 saturated heterocycles. The van der Waals surface area contributed by atoms with Crippen LogP contribution in [0.3, 0.4) is 0 Å². The number of hydrogen-bond donors (Lipinski definition) is 2. The molecule has 1 saturated carbocycles. The van der Waals surface area contributed by atoms with E-state index in [4.69, 9.17) is 5.73 Å². The Balaban J connectivity index is 2.10. The summed E-state index contributed by atoms with van der Waals surface area (Å²) in [6, 6.07) is 6.68. The average molecular weight is 278 g/mol. The van der Waals surface area contributed by atoms with Crippen LogP contribution in [0.2, 0.25) is 0 Å². The first-order valence-electron chi connectivity index (χ1n) is 7.32. The Bertz CT molecular complexity index is 471. The van der Waals surface area contributed by atoms with E-state index in [0.717, 1.165) is 18.4 Å². The third kappa shape index (κ3) is 3.79. The van der Waals surface area contributed by atoms with Gasteiger partial charge in [-0.3, -0.25) is 4.79 Å². The summed E-state index contributed by atoms with van der Waals surface area (Å²) in [6.45, 7) is 1.81. The molecule has 0 heterocycles. The highest BCUT2D eigenvalue weighted by atomic mass is 19.1. The highest BCUT2D eigenvalue weighted by Gasteiger charge is 2.33. The van der Waals surface area contributed by atoms with E-state index >= 15 is 0 Å². The molecule has 0 aliphatic heterocycles. The summed E-state index contributed by atoms with van der Waals surface area (Å²) in [5.74, 6) is -0.667. The molecule has 1 atom stereocenters. The van der Waals surface area contributed by atoms with Crippen molar-refractivity contribution in [3.63, 3.8) is 0 Å². The van der Waals surface area contributed by atoms with Gasteiger partial charge in [0, 0.05) is 6.04 Å². The second-order valence-electron chi connectivity index (χ2n) is 5.98. The number of amides is 1. The minimum atomic E-state index is -0.824. The zero-order chi connectivity index (χ0) is 14.6. The predicted octanol–water partition coefficient (Wildman–Crippen LogP) is 2.53. The summed E-state index contributed by atoms with van der Waals surface area (Å²) in [7, 11) is 0. The average Bonchev–Trinajstić information content (AvgIpc) is 2.39. The molecule has 1 aliphatic carbocycles. The van der Waals surface area contributed by atoms with E-state index in [1.165, 1.54) is 31.4 Å². The monoisotopic (exact) mass is 278 g/mol. The highest BCUT2D eigenvalue weighted by molar-refractivity contribution is 5.84. The summed E-state index contributed by atoms with van der Waals surface area (Å²) in [5, 5.41) is 3.40. The molecule has 1 aliphatic rings. The molecule has 0 spiro atoms. The van der Waals surface area contributed by atoms with Crippen LogP contribution in [0.4, 0.5) is 4.39 Å². The molecule has 0 bridgehead atoms. The fourth-order valence-electron chi connectivity index (χ4n) is 2.96. The molecule has 2 rings (SSSR count). The zero-order valence-corrected chi connectivity index (χ0v) is 12.0. The van der Waals surface area contributed by atoms with E-state index < -0.39 is 5.54 Å². The van der Waals surface area contributed by atoms with Crippen LogP contribution in [-0.4, -0.2) is 17.5 Å². The Morgan fingerprint density at radius 3 is 2.70 bits per heavy atom. The Morgan fingerprint density at radius 2 is 2.10 bits per heavy atom. The highest BCUT2D eigenvalue weighted by Crippen LogP contribution is 2.22. The molecule has 1 aromatic carbocycles. The standard InChI is InChI=1S/C16H23FN2O/c1-16(15(18)20,19-14-8-3-2-4-9-14)11-12-6-5-7-13(17)10-12/h5-7,10,14,19H,2-4,8-9,11H2,1H3,(H2,18,20). The largest absolute Gasteiger partial charge is 0.368 e. The Labute approximate surface area is 119 Å². The second kappa shape index (κ2) is 6.35. The van der Waals surface area contributed by atoms with Gasteiger partial charge in [-0.1, -0.05) is 31.4 Å². The summed E-state index contributed by atoms with van der Waals surface area (Å²) in [6.07, 6.45) is 6.20. The lowest BCUT2D eigenvalue weighted by Gasteiger charge is -2.34. The summed E-state index contributed by atoms with van der Waals surface area (Å²) in [5.41, 5.74) is 5.54. The van der Waals surface area contributed by atoms with Crippen molar-refractivity contribution in [2.75, 3.05) is 0 Å². The molecule has 110 valence electrons. The van der Waals surface area contributed by atoms with Crippen molar-refractivity contribution in [2.24, 2.45) is 5.73 Å². The molecule has 1 aromatic rings. The third-order valence-electron chi connectivity index (χ3n) is 4.12. The van der Waals surface area contributed by atoms with Crippen LogP contribution in [0.25, 0.3) is 0 Å². The SMILES string of the molecule is CC(Cc1cccc(F)c1)(NC1CCCCC1)C(N)=O. The fourth-order valence-corrected chi connectivity index (χ4v) is 2.96. The van der Waals surface area contributed by atoms with Crippen molar-refractivity contribution in [1.82, 2.24) is 5.32 Å². The number of halogens is 1. The first-order valence-corrected chi connectivity index (χ1v) is 7.32. The van der Waals surface area contributed by atoms with Gasteiger partial charge in [0.1, 0.15) is 5.82 Å². The van der Waals surface area contributed by atoms with Gasteiger partial charge >= 0.3 is 0 Å². The lowest BCUT2D eigenvalue weighted by Crippen LogP contribution is -2.58. The summed E-state index contributed by atoms with van der Waals surface area (Å²) in [4.78, 5) is 11.9. The first kappa shape index (κ1) is 15.0. The smallest absolute Gasteiger partial charge is 0.237 e. The maximum atomic E-state index is 13.3. The van der Waals surface area contributed by atoms with Gasteiger partial charge in [-0.25, -0.2) is 4.39 Å². The molecule has 3 nitrogen and oxygen atoms in total. The number of nitrogens with two attached hydrogens (primary N) is 1. The van der Waals surface area contributed by atoms with Crippen molar-refractivity contribution in [1.29, 1.82) is 0 Å². The molecule has 4 heteroatoms.